The molecule has 0 atom stereocenters. The second-order valence-electron chi connectivity index (χ2n) is 6.02. The van der Waals surface area contributed by atoms with E-state index in [9.17, 15) is 9.59 Å². The molecular weight excluding hydrogens is 380 g/mol. The number of para-hydroxylation sites is 1. The molecule has 3 N–H and O–H groups in total. The Morgan fingerprint density at radius 1 is 1.22 bits per heavy atom. The van der Waals surface area contributed by atoms with E-state index in [4.69, 9.17) is 5.73 Å². The topological polar surface area (TPSA) is 98.0 Å². The Morgan fingerprint density at radius 2 is 1.96 bits per heavy atom. The predicted molar refractivity (Wildman–Crippen MR) is 111 cm³/mol. The van der Waals surface area contributed by atoms with Gasteiger partial charge >= 0.3 is 0 Å². The third-order valence-electron chi connectivity index (χ3n) is 4.05. The number of primary amides is 1. The molecule has 1 aromatic carbocycles. The first-order valence-electron chi connectivity index (χ1n) is 8.48. The summed E-state index contributed by atoms with van der Waals surface area (Å²) in [6, 6.07) is 7.36. The molecule has 2 heterocycles. The number of benzene rings is 1. The molecule has 0 unspecified atom stereocenters. The van der Waals surface area contributed by atoms with Crippen molar-refractivity contribution < 1.29 is 9.59 Å². The van der Waals surface area contributed by atoms with Gasteiger partial charge in [0.2, 0.25) is 5.91 Å². The molecule has 6 nitrogen and oxygen atoms in total. The number of thiophene rings is 1. The van der Waals surface area contributed by atoms with Crippen LogP contribution in [0.4, 0.5) is 5.69 Å². The number of nitrogens with zero attached hydrogens (tertiary/aromatic N) is 2. The van der Waals surface area contributed by atoms with E-state index in [1.165, 1.54) is 23.1 Å². The van der Waals surface area contributed by atoms with Crippen LogP contribution < -0.4 is 11.1 Å². The number of nitrogens with two attached hydrogens (primary N) is 1. The predicted octanol–water partition coefficient (Wildman–Crippen LogP) is 3.70. The highest BCUT2D eigenvalue weighted by molar-refractivity contribution is 8.00. The molecule has 0 fully saturated rings. The van der Waals surface area contributed by atoms with Crippen molar-refractivity contribution in [2.24, 2.45) is 5.73 Å². The summed E-state index contributed by atoms with van der Waals surface area (Å²) in [4.78, 5) is 35.3. The van der Waals surface area contributed by atoms with Gasteiger partial charge in [-0.15, -0.1) is 23.1 Å². The summed E-state index contributed by atoms with van der Waals surface area (Å²) >= 11 is 2.68. The summed E-state index contributed by atoms with van der Waals surface area (Å²) in [5, 5.41) is 3.89. The maximum atomic E-state index is 12.9. The van der Waals surface area contributed by atoms with Crippen LogP contribution in [0.2, 0.25) is 0 Å². The van der Waals surface area contributed by atoms with Crippen molar-refractivity contribution >= 4 is 50.8 Å². The lowest BCUT2D eigenvalue weighted by Gasteiger charge is -2.09. The van der Waals surface area contributed by atoms with Gasteiger partial charge in [-0.25, -0.2) is 9.97 Å². The van der Waals surface area contributed by atoms with E-state index in [0.29, 0.717) is 10.6 Å². The molecule has 140 valence electrons. The van der Waals surface area contributed by atoms with Crippen LogP contribution in [0.25, 0.3) is 10.2 Å². The molecule has 0 saturated heterocycles. The van der Waals surface area contributed by atoms with Crippen LogP contribution in [0, 0.1) is 13.8 Å². The van der Waals surface area contributed by atoms with Gasteiger partial charge in [0.05, 0.1) is 16.3 Å². The minimum atomic E-state index is -0.401. The molecule has 2 aromatic heterocycles. The van der Waals surface area contributed by atoms with Gasteiger partial charge in [-0.05, 0) is 31.5 Å². The fourth-order valence-electron chi connectivity index (χ4n) is 2.79. The number of amides is 2. The van der Waals surface area contributed by atoms with E-state index < -0.39 is 5.91 Å². The summed E-state index contributed by atoms with van der Waals surface area (Å²) in [7, 11) is 0. The molecule has 0 spiro atoms. The summed E-state index contributed by atoms with van der Waals surface area (Å²) in [5.74, 6) is 0.340. The van der Waals surface area contributed by atoms with Crippen LogP contribution in [0.15, 0.2) is 29.2 Å². The molecule has 27 heavy (non-hydrogen) atoms. The Labute approximate surface area is 165 Å². The normalized spacial score (nSPS) is 10.9. The van der Waals surface area contributed by atoms with Crippen LogP contribution in [0.5, 0.6) is 0 Å². The zero-order valence-corrected chi connectivity index (χ0v) is 17.0. The molecule has 2 amide bonds. The molecule has 0 radical (unpaired) electrons. The average Bonchev–Trinajstić information content (AvgIpc) is 2.98. The number of carbonyl (C=O) groups is 2. The molecule has 3 rings (SSSR count). The molecular formula is C19H20N4O2S2. The van der Waals surface area contributed by atoms with Crippen LogP contribution in [0.3, 0.4) is 0 Å². The number of fused-ring (bicyclic) bond motifs is 1. The maximum Gasteiger partial charge on any atom is 0.266 e. The average molecular weight is 401 g/mol. The third-order valence-corrected chi connectivity index (χ3v) is 6.33. The summed E-state index contributed by atoms with van der Waals surface area (Å²) in [6.45, 7) is 5.87. The van der Waals surface area contributed by atoms with Crippen molar-refractivity contribution in [3.63, 3.8) is 0 Å². The number of aryl methyl sites for hydroxylation is 3. The van der Waals surface area contributed by atoms with Crippen molar-refractivity contribution in [3.05, 3.63) is 46.2 Å². The highest BCUT2D eigenvalue weighted by Gasteiger charge is 2.20. The first-order valence-corrected chi connectivity index (χ1v) is 10.3. The van der Waals surface area contributed by atoms with Crippen molar-refractivity contribution in [2.75, 3.05) is 11.1 Å². The zero-order valence-electron chi connectivity index (χ0n) is 15.3. The minimum absolute atomic E-state index is 0.156. The number of hydrogen-bond donors (Lipinski definition) is 2. The Hall–Kier alpha value is -2.45. The van der Waals surface area contributed by atoms with Gasteiger partial charge in [-0.3, -0.25) is 9.59 Å². The lowest BCUT2D eigenvalue weighted by atomic mass is 10.1. The van der Waals surface area contributed by atoms with Crippen LogP contribution in [0.1, 0.15) is 33.7 Å². The first kappa shape index (κ1) is 19.3. The van der Waals surface area contributed by atoms with Gasteiger partial charge in [0.15, 0.2) is 0 Å². The summed E-state index contributed by atoms with van der Waals surface area (Å²) in [5.41, 5.74) is 7.66. The van der Waals surface area contributed by atoms with E-state index in [-0.39, 0.29) is 11.7 Å². The smallest absolute Gasteiger partial charge is 0.266 e. The second-order valence-corrected chi connectivity index (χ2v) is 8.04. The van der Waals surface area contributed by atoms with Gasteiger partial charge in [-0.1, -0.05) is 19.1 Å². The van der Waals surface area contributed by atoms with Crippen LogP contribution in [-0.2, 0) is 11.2 Å². The molecule has 0 saturated carbocycles. The highest BCUT2D eigenvalue weighted by Crippen LogP contribution is 2.33. The molecule has 0 aliphatic carbocycles. The summed E-state index contributed by atoms with van der Waals surface area (Å²) in [6.07, 6.45) is 0.750. The SMILES string of the molecule is CCc1nc(C)c2c(C)c(C(=O)Nc3ccccc3SCC(N)=O)sc2n1. The van der Waals surface area contributed by atoms with Gasteiger partial charge < -0.3 is 11.1 Å². The fourth-order valence-corrected chi connectivity index (χ4v) is 4.69. The van der Waals surface area contributed by atoms with E-state index in [1.54, 1.807) is 0 Å². The number of thioether (sulfide) groups is 1. The Kier molecular flexibility index (Phi) is 5.76. The number of carbonyl (C=O) groups excluding carboxylic acids is 2. The van der Waals surface area contributed by atoms with Crippen LogP contribution in [-0.4, -0.2) is 27.5 Å². The van der Waals surface area contributed by atoms with Crippen molar-refractivity contribution in [3.8, 4) is 0 Å². The maximum absolute atomic E-state index is 12.9. The first-order chi connectivity index (χ1) is 12.9. The number of nitrogens with one attached hydrogen (secondary N) is 1. The van der Waals surface area contributed by atoms with E-state index >= 15 is 0 Å². The monoisotopic (exact) mass is 400 g/mol. The Bertz CT molecular complexity index is 1030. The lowest BCUT2D eigenvalue weighted by molar-refractivity contribution is -0.115. The van der Waals surface area contributed by atoms with Crippen molar-refractivity contribution in [2.45, 2.75) is 32.1 Å². The summed E-state index contributed by atoms with van der Waals surface area (Å²) < 4.78 is 0. The van der Waals surface area contributed by atoms with Gasteiger partial charge in [0, 0.05) is 22.4 Å². The number of aromatic nitrogens is 2. The van der Waals surface area contributed by atoms with Gasteiger partial charge in [-0.2, -0.15) is 0 Å². The highest BCUT2D eigenvalue weighted by atomic mass is 32.2. The van der Waals surface area contributed by atoms with Crippen LogP contribution >= 0.6 is 23.1 Å². The fraction of sp³-hybridized carbons (Fsp3) is 0.263. The molecule has 0 aliphatic rings. The molecule has 3 aromatic rings. The van der Waals surface area contributed by atoms with Gasteiger partial charge in [0.1, 0.15) is 10.7 Å². The van der Waals surface area contributed by atoms with Crippen molar-refractivity contribution in [1.82, 2.24) is 9.97 Å². The Balaban J connectivity index is 1.92. The second kappa shape index (κ2) is 8.06. The quantitative estimate of drug-likeness (QED) is 0.615. The number of anilines is 1. The molecule has 8 heteroatoms. The third kappa shape index (κ3) is 4.12. The standard InChI is InChI=1S/C19H20N4O2S2/c1-4-15-21-11(3)16-10(2)17(27-19(16)23-15)18(25)22-12-7-5-6-8-13(12)26-9-14(20)24/h5-8H,4,9H2,1-3H3,(H2,20,24)(H,22,25). The largest absolute Gasteiger partial charge is 0.369 e. The van der Waals surface area contributed by atoms with Gasteiger partial charge in [0.25, 0.3) is 5.91 Å². The molecule has 0 bridgehead atoms. The zero-order chi connectivity index (χ0) is 19.6. The Morgan fingerprint density at radius 3 is 2.67 bits per heavy atom. The van der Waals surface area contributed by atoms with E-state index in [1.807, 2.05) is 45.0 Å². The van der Waals surface area contributed by atoms with E-state index in [0.717, 1.165) is 38.6 Å². The minimum Gasteiger partial charge on any atom is -0.369 e. The number of hydrogen-bond acceptors (Lipinski definition) is 6. The van der Waals surface area contributed by atoms with E-state index in [2.05, 4.69) is 15.3 Å². The van der Waals surface area contributed by atoms with Crippen molar-refractivity contribution in [1.29, 1.82) is 0 Å². The lowest BCUT2D eigenvalue weighted by Crippen LogP contribution is -2.14. The molecule has 0 aliphatic heterocycles. The number of rotatable bonds is 6.